The van der Waals surface area contributed by atoms with E-state index in [-0.39, 0.29) is 0 Å². The monoisotopic (exact) mass is 189 g/mol. The van der Waals surface area contributed by atoms with Crippen molar-refractivity contribution >= 4 is 5.71 Å². The van der Waals surface area contributed by atoms with Crippen LogP contribution in [0.4, 0.5) is 0 Å². The van der Waals surface area contributed by atoms with Gasteiger partial charge in [0.15, 0.2) is 0 Å². The van der Waals surface area contributed by atoms with Crippen LogP contribution in [-0.2, 0) is 0 Å². The van der Waals surface area contributed by atoms with Gasteiger partial charge in [0.05, 0.1) is 0 Å². The summed E-state index contributed by atoms with van der Waals surface area (Å²) in [6.45, 7) is 0. The SMILES string of the molecule is C1=CN=C(CC2CCCCC2)C=CC1. The molecule has 0 spiro atoms. The fourth-order valence-corrected chi connectivity index (χ4v) is 2.34. The molecular weight excluding hydrogens is 170 g/mol. The molecule has 1 fully saturated rings. The normalized spacial score (nSPS) is 23.3. The lowest BCUT2D eigenvalue weighted by Crippen LogP contribution is -2.10. The van der Waals surface area contributed by atoms with E-state index in [2.05, 4.69) is 23.2 Å². The lowest BCUT2D eigenvalue weighted by atomic mass is 9.85. The molecule has 1 nitrogen and oxygen atoms in total. The molecule has 0 aromatic heterocycles. The predicted molar refractivity (Wildman–Crippen MR) is 61.5 cm³/mol. The van der Waals surface area contributed by atoms with Crippen LogP contribution in [0.2, 0.25) is 0 Å². The maximum absolute atomic E-state index is 4.47. The smallest absolute Gasteiger partial charge is 0.0403 e. The average molecular weight is 189 g/mol. The number of rotatable bonds is 2. The van der Waals surface area contributed by atoms with Crippen LogP contribution in [0.15, 0.2) is 29.4 Å². The van der Waals surface area contributed by atoms with Crippen molar-refractivity contribution in [1.82, 2.24) is 0 Å². The van der Waals surface area contributed by atoms with Crippen molar-refractivity contribution in [2.24, 2.45) is 10.9 Å². The average Bonchev–Trinajstić information content (AvgIpc) is 2.48. The van der Waals surface area contributed by atoms with E-state index in [0.717, 1.165) is 12.3 Å². The summed E-state index contributed by atoms with van der Waals surface area (Å²) in [4.78, 5) is 4.47. The first-order chi connectivity index (χ1) is 6.95. The molecule has 0 saturated heterocycles. The van der Waals surface area contributed by atoms with E-state index in [4.69, 9.17) is 0 Å². The first-order valence-corrected chi connectivity index (χ1v) is 5.83. The van der Waals surface area contributed by atoms with Gasteiger partial charge < -0.3 is 0 Å². The molecule has 1 aliphatic heterocycles. The second kappa shape index (κ2) is 5.14. The topological polar surface area (TPSA) is 12.4 Å². The van der Waals surface area contributed by atoms with Crippen LogP contribution < -0.4 is 0 Å². The molecule has 76 valence electrons. The Morgan fingerprint density at radius 2 is 2.00 bits per heavy atom. The first kappa shape index (κ1) is 9.70. The Labute approximate surface area is 86.6 Å². The van der Waals surface area contributed by atoms with Crippen LogP contribution in [0.3, 0.4) is 0 Å². The zero-order valence-corrected chi connectivity index (χ0v) is 8.78. The summed E-state index contributed by atoms with van der Waals surface area (Å²) in [6, 6.07) is 0. The van der Waals surface area contributed by atoms with E-state index in [9.17, 15) is 0 Å². The number of hydrogen-bond acceptors (Lipinski definition) is 1. The third-order valence-electron chi connectivity index (χ3n) is 3.15. The molecule has 0 amide bonds. The Hall–Kier alpha value is -0.850. The van der Waals surface area contributed by atoms with Crippen molar-refractivity contribution < 1.29 is 0 Å². The van der Waals surface area contributed by atoms with Gasteiger partial charge in [-0.25, -0.2) is 0 Å². The molecule has 0 radical (unpaired) electrons. The number of allylic oxidation sites excluding steroid dienone is 3. The minimum Gasteiger partial charge on any atom is -0.262 e. The molecule has 0 atom stereocenters. The lowest BCUT2D eigenvalue weighted by molar-refractivity contribution is 0.368. The molecule has 14 heavy (non-hydrogen) atoms. The summed E-state index contributed by atoms with van der Waals surface area (Å²) in [7, 11) is 0. The molecule has 2 aliphatic rings. The van der Waals surface area contributed by atoms with Gasteiger partial charge in [-0.3, -0.25) is 4.99 Å². The van der Waals surface area contributed by atoms with E-state index in [1.807, 2.05) is 6.20 Å². The second-order valence-electron chi connectivity index (χ2n) is 4.35. The van der Waals surface area contributed by atoms with Gasteiger partial charge >= 0.3 is 0 Å². The highest BCUT2D eigenvalue weighted by atomic mass is 14.7. The molecule has 0 unspecified atom stereocenters. The summed E-state index contributed by atoms with van der Waals surface area (Å²) in [6.07, 6.45) is 17.8. The fraction of sp³-hybridized carbons (Fsp3) is 0.615. The van der Waals surface area contributed by atoms with Gasteiger partial charge in [0.2, 0.25) is 0 Å². The van der Waals surface area contributed by atoms with Crippen LogP contribution in [0.25, 0.3) is 0 Å². The minimum atomic E-state index is 0.902. The van der Waals surface area contributed by atoms with Crippen molar-refractivity contribution in [2.45, 2.75) is 44.9 Å². The predicted octanol–water partition coefficient (Wildman–Crippen LogP) is 3.87. The zero-order valence-electron chi connectivity index (χ0n) is 8.78. The van der Waals surface area contributed by atoms with Crippen molar-refractivity contribution in [3.63, 3.8) is 0 Å². The summed E-state index contributed by atoms with van der Waals surface area (Å²) in [5, 5.41) is 0. The number of nitrogens with zero attached hydrogens (tertiary/aromatic N) is 1. The van der Waals surface area contributed by atoms with Crippen LogP contribution in [-0.4, -0.2) is 5.71 Å². The van der Waals surface area contributed by atoms with Gasteiger partial charge in [0.1, 0.15) is 0 Å². The van der Waals surface area contributed by atoms with Gasteiger partial charge in [-0.15, -0.1) is 0 Å². The largest absolute Gasteiger partial charge is 0.262 e. The molecule has 0 aromatic carbocycles. The fourth-order valence-electron chi connectivity index (χ4n) is 2.34. The molecular formula is C13H19N. The molecule has 1 aliphatic carbocycles. The first-order valence-electron chi connectivity index (χ1n) is 5.83. The Bertz CT molecular complexity index is 254. The Balaban J connectivity index is 1.88. The van der Waals surface area contributed by atoms with Crippen molar-refractivity contribution in [3.05, 3.63) is 24.4 Å². The van der Waals surface area contributed by atoms with Crippen LogP contribution >= 0.6 is 0 Å². The molecule has 1 saturated carbocycles. The van der Waals surface area contributed by atoms with Gasteiger partial charge in [-0.2, -0.15) is 0 Å². The molecule has 2 rings (SSSR count). The molecule has 1 heterocycles. The minimum absolute atomic E-state index is 0.902. The van der Waals surface area contributed by atoms with E-state index < -0.39 is 0 Å². The molecule has 0 N–H and O–H groups in total. The Kier molecular flexibility index (Phi) is 3.56. The van der Waals surface area contributed by atoms with Crippen molar-refractivity contribution in [2.75, 3.05) is 0 Å². The Morgan fingerprint density at radius 3 is 2.86 bits per heavy atom. The van der Waals surface area contributed by atoms with Gasteiger partial charge in [-0.1, -0.05) is 44.3 Å². The highest BCUT2D eigenvalue weighted by Gasteiger charge is 2.14. The summed E-state index contributed by atoms with van der Waals surface area (Å²) in [5.74, 6) is 0.902. The Morgan fingerprint density at radius 1 is 1.14 bits per heavy atom. The molecule has 0 aromatic rings. The van der Waals surface area contributed by atoms with Gasteiger partial charge in [0, 0.05) is 11.9 Å². The van der Waals surface area contributed by atoms with Gasteiger partial charge in [0.25, 0.3) is 0 Å². The van der Waals surface area contributed by atoms with Crippen molar-refractivity contribution in [3.8, 4) is 0 Å². The van der Waals surface area contributed by atoms with Crippen LogP contribution in [0, 0.1) is 5.92 Å². The van der Waals surface area contributed by atoms with Gasteiger partial charge in [-0.05, 0) is 24.8 Å². The maximum atomic E-state index is 4.47. The van der Waals surface area contributed by atoms with Crippen LogP contribution in [0.5, 0.6) is 0 Å². The van der Waals surface area contributed by atoms with Crippen molar-refractivity contribution in [1.29, 1.82) is 0 Å². The third-order valence-corrected chi connectivity index (χ3v) is 3.15. The quantitative estimate of drug-likeness (QED) is 0.625. The number of aliphatic imine (C=N–C) groups is 1. The van der Waals surface area contributed by atoms with Crippen LogP contribution in [0.1, 0.15) is 44.9 Å². The highest BCUT2D eigenvalue weighted by Crippen LogP contribution is 2.27. The summed E-state index contributed by atoms with van der Waals surface area (Å²) >= 11 is 0. The van der Waals surface area contributed by atoms with E-state index in [1.165, 1.54) is 44.2 Å². The second-order valence-corrected chi connectivity index (χ2v) is 4.35. The standard InChI is InChI=1S/C13H19N/c1-3-7-12(8-4-1)11-13-9-5-2-6-10-14-13/h5-6,9-10,12H,1-4,7-8,11H2. The third kappa shape index (κ3) is 2.83. The summed E-state index contributed by atoms with van der Waals surface area (Å²) < 4.78 is 0. The highest BCUT2D eigenvalue weighted by molar-refractivity contribution is 5.95. The maximum Gasteiger partial charge on any atom is 0.0403 e. The molecule has 1 heteroatoms. The van der Waals surface area contributed by atoms with E-state index in [1.54, 1.807) is 0 Å². The van der Waals surface area contributed by atoms with E-state index >= 15 is 0 Å². The zero-order chi connectivity index (χ0) is 9.64. The lowest BCUT2D eigenvalue weighted by Gasteiger charge is -2.21. The number of hydrogen-bond donors (Lipinski definition) is 0. The summed E-state index contributed by atoms with van der Waals surface area (Å²) in [5.41, 5.74) is 1.28. The molecule has 0 bridgehead atoms. The van der Waals surface area contributed by atoms with E-state index in [0.29, 0.717) is 0 Å².